The van der Waals surface area contributed by atoms with Crippen molar-refractivity contribution in [3.8, 4) is 0 Å². The molecule has 0 saturated heterocycles. The SMILES string of the molecule is C[C@H](c1ccccc1)[C@@](C(=O)O)(c1ccccc1F)N(C)C. The summed E-state index contributed by atoms with van der Waals surface area (Å²) in [7, 11) is 3.33. The van der Waals surface area contributed by atoms with Crippen LogP contribution in [0.15, 0.2) is 54.6 Å². The number of carboxylic acid groups (broad SMARTS) is 1. The van der Waals surface area contributed by atoms with Crippen LogP contribution in [0.3, 0.4) is 0 Å². The topological polar surface area (TPSA) is 40.5 Å². The van der Waals surface area contributed by atoms with Gasteiger partial charge in [0.25, 0.3) is 0 Å². The van der Waals surface area contributed by atoms with Crippen LogP contribution in [0.25, 0.3) is 0 Å². The van der Waals surface area contributed by atoms with E-state index in [4.69, 9.17) is 0 Å². The molecule has 2 rings (SSSR count). The number of nitrogens with zero attached hydrogens (tertiary/aromatic N) is 1. The summed E-state index contributed by atoms with van der Waals surface area (Å²) in [5, 5.41) is 10.00. The maximum atomic E-state index is 14.4. The lowest BCUT2D eigenvalue weighted by Crippen LogP contribution is -2.52. The molecule has 0 saturated carbocycles. The molecule has 0 fully saturated rings. The Bertz CT molecular complexity index is 657. The maximum absolute atomic E-state index is 14.4. The van der Waals surface area contributed by atoms with Gasteiger partial charge in [-0.05, 0) is 25.7 Å². The van der Waals surface area contributed by atoms with Crippen LogP contribution in [0, 0.1) is 5.82 Å². The van der Waals surface area contributed by atoms with Gasteiger partial charge in [0.1, 0.15) is 5.82 Å². The summed E-state index contributed by atoms with van der Waals surface area (Å²) in [6.45, 7) is 1.82. The monoisotopic (exact) mass is 301 g/mol. The molecule has 2 atom stereocenters. The molecule has 2 aromatic rings. The quantitative estimate of drug-likeness (QED) is 0.919. The molecule has 0 aromatic heterocycles. The fourth-order valence-electron chi connectivity index (χ4n) is 3.11. The zero-order valence-electron chi connectivity index (χ0n) is 13.0. The Kier molecular flexibility index (Phi) is 4.62. The fraction of sp³-hybridized carbons (Fsp3) is 0.278. The smallest absolute Gasteiger partial charge is 0.329 e. The lowest BCUT2D eigenvalue weighted by Gasteiger charge is -2.41. The molecule has 2 aromatic carbocycles. The lowest BCUT2D eigenvalue weighted by atomic mass is 9.74. The molecule has 0 aliphatic rings. The van der Waals surface area contributed by atoms with E-state index in [2.05, 4.69) is 0 Å². The predicted molar refractivity (Wildman–Crippen MR) is 84.3 cm³/mol. The third-order valence-corrected chi connectivity index (χ3v) is 4.24. The van der Waals surface area contributed by atoms with E-state index >= 15 is 0 Å². The minimum atomic E-state index is -1.48. The summed E-state index contributed by atoms with van der Waals surface area (Å²) in [4.78, 5) is 13.8. The first-order valence-corrected chi connectivity index (χ1v) is 7.13. The summed E-state index contributed by atoms with van der Waals surface area (Å²) >= 11 is 0. The summed E-state index contributed by atoms with van der Waals surface area (Å²) in [6.07, 6.45) is 0. The highest BCUT2D eigenvalue weighted by Crippen LogP contribution is 2.42. The Balaban J connectivity index is 2.71. The van der Waals surface area contributed by atoms with Gasteiger partial charge in [-0.1, -0.05) is 55.5 Å². The number of carbonyl (C=O) groups is 1. The molecule has 3 nitrogen and oxygen atoms in total. The summed E-state index contributed by atoms with van der Waals surface area (Å²) in [6, 6.07) is 15.4. The molecule has 1 N–H and O–H groups in total. The standard InChI is InChI=1S/C18H20FNO2/c1-13(14-9-5-4-6-10-14)18(17(21)22,20(2)3)15-11-7-8-12-16(15)19/h4-13H,1-3H3,(H,21,22)/t13-,18+/m1/s1. The highest BCUT2D eigenvalue weighted by atomic mass is 19.1. The lowest BCUT2D eigenvalue weighted by molar-refractivity contribution is -0.152. The van der Waals surface area contributed by atoms with Gasteiger partial charge in [0, 0.05) is 11.5 Å². The Morgan fingerprint density at radius 2 is 1.64 bits per heavy atom. The number of hydrogen-bond donors (Lipinski definition) is 1. The van der Waals surface area contributed by atoms with Crippen LogP contribution in [0.5, 0.6) is 0 Å². The number of carboxylic acids is 1. The maximum Gasteiger partial charge on any atom is 0.329 e. The van der Waals surface area contributed by atoms with E-state index in [9.17, 15) is 14.3 Å². The largest absolute Gasteiger partial charge is 0.480 e. The number of halogens is 1. The number of hydrogen-bond acceptors (Lipinski definition) is 2. The van der Waals surface area contributed by atoms with Crippen molar-refractivity contribution in [2.45, 2.75) is 18.4 Å². The van der Waals surface area contributed by atoms with Gasteiger partial charge in [-0.3, -0.25) is 4.90 Å². The number of benzene rings is 2. The van der Waals surface area contributed by atoms with Crippen LogP contribution in [0.1, 0.15) is 24.0 Å². The van der Waals surface area contributed by atoms with Crippen molar-refractivity contribution < 1.29 is 14.3 Å². The van der Waals surface area contributed by atoms with Crippen LogP contribution in [0.2, 0.25) is 0 Å². The van der Waals surface area contributed by atoms with Gasteiger partial charge in [-0.25, -0.2) is 9.18 Å². The van der Waals surface area contributed by atoms with Crippen molar-refractivity contribution in [3.05, 3.63) is 71.5 Å². The highest BCUT2D eigenvalue weighted by molar-refractivity contribution is 5.82. The van der Waals surface area contributed by atoms with Crippen molar-refractivity contribution in [2.24, 2.45) is 0 Å². The Morgan fingerprint density at radius 1 is 1.09 bits per heavy atom. The van der Waals surface area contributed by atoms with Crippen LogP contribution >= 0.6 is 0 Å². The summed E-state index contributed by atoms with van der Waals surface area (Å²) < 4.78 is 14.4. The average molecular weight is 301 g/mol. The first-order valence-electron chi connectivity index (χ1n) is 7.13. The van der Waals surface area contributed by atoms with Gasteiger partial charge in [0.05, 0.1) is 0 Å². The zero-order chi connectivity index (χ0) is 16.3. The molecule has 0 unspecified atom stereocenters. The third-order valence-electron chi connectivity index (χ3n) is 4.24. The molecule has 0 bridgehead atoms. The number of likely N-dealkylation sites (N-methyl/N-ethyl adjacent to an activating group) is 1. The van der Waals surface area contributed by atoms with E-state index in [1.807, 2.05) is 37.3 Å². The highest BCUT2D eigenvalue weighted by Gasteiger charge is 2.49. The van der Waals surface area contributed by atoms with Crippen molar-refractivity contribution in [1.29, 1.82) is 0 Å². The van der Waals surface area contributed by atoms with Crippen molar-refractivity contribution >= 4 is 5.97 Å². The minimum absolute atomic E-state index is 0.170. The molecular weight excluding hydrogens is 281 g/mol. The van der Waals surface area contributed by atoms with Gasteiger partial charge in [0.2, 0.25) is 0 Å². The molecule has 0 aliphatic heterocycles. The van der Waals surface area contributed by atoms with Gasteiger partial charge in [0.15, 0.2) is 5.54 Å². The minimum Gasteiger partial charge on any atom is -0.480 e. The summed E-state index contributed by atoms with van der Waals surface area (Å²) in [5.74, 6) is -2.02. The van der Waals surface area contributed by atoms with E-state index in [1.54, 1.807) is 37.2 Å². The molecule has 22 heavy (non-hydrogen) atoms. The molecule has 0 aliphatic carbocycles. The van der Waals surface area contributed by atoms with Crippen LogP contribution in [0.4, 0.5) is 4.39 Å². The Morgan fingerprint density at radius 3 is 2.14 bits per heavy atom. The number of aliphatic carboxylic acids is 1. The van der Waals surface area contributed by atoms with E-state index < -0.39 is 23.2 Å². The summed E-state index contributed by atoms with van der Waals surface area (Å²) in [5.41, 5.74) is -0.460. The average Bonchev–Trinajstić information content (AvgIpc) is 2.50. The second-order valence-corrected chi connectivity index (χ2v) is 5.58. The second kappa shape index (κ2) is 6.28. The predicted octanol–water partition coefficient (Wildman–Crippen LogP) is 3.47. The molecule has 0 amide bonds. The molecule has 116 valence electrons. The molecule has 0 spiro atoms. The van der Waals surface area contributed by atoms with E-state index in [-0.39, 0.29) is 5.56 Å². The zero-order valence-corrected chi connectivity index (χ0v) is 13.0. The second-order valence-electron chi connectivity index (χ2n) is 5.58. The normalized spacial score (nSPS) is 15.3. The molecule has 0 heterocycles. The number of rotatable bonds is 5. The van der Waals surface area contributed by atoms with Gasteiger partial charge < -0.3 is 5.11 Å². The fourth-order valence-corrected chi connectivity index (χ4v) is 3.11. The van der Waals surface area contributed by atoms with Gasteiger partial charge in [-0.2, -0.15) is 0 Å². The van der Waals surface area contributed by atoms with E-state index in [1.165, 1.54) is 6.07 Å². The van der Waals surface area contributed by atoms with Crippen LogP contribution < -0.4 is 0 Å². The third kappa shape index (κ3) is 2.50. The van der Waals surface area contributed by atoms with E-state index in [0.29, 0.717) is 0 Å². The van der Waals surface area contributed by atoms with Gasteiger partial charge in [-0.15, -0.1) is 0 Å². The van der Waals surface area contributed by atoms with E-state index in [0.717, 1.165) is 5.56 Å². The molecule has 4 heteroatoms. The first-order chi connectivity index (χ1) is 10.4. The Hall–Kier alpha value is -2.20. The van der Waals surface area contributed by atoms with Crippen molar-refractivity contribution in [3.63, 3.8) is 0 Å². The van der Waals surface area contributed by atoms with Gasteiger partial charge >= 0.3 is 5.97 Å². The van der Waals surface area contributed by atoms with Crippen LogP contribution in [-0.4, -0.2) is 30.1 Å². The van der Waals surface area contributed by atoms with Crippen molar-refractivity contribution in [2.75, 3.05) is 14.1 Å². The Labute approximate surface area is 130 Å². The van der Waals surface area contributed by atoms with Crippen molar-refractivity contribution in [1.82, 2.24) is 4.90 Å². The van der Waals surface area contributed by atoms with Crippen LogP contribution in [-0.2, 0) is 10.3 Å². The molecular formula is C18H20FNO2. The molecule has 0 radical (unpaired) electrons. The first kappa shape index (κ1) is 16.2.